The second kappa shape index (κ2) is 4.33. The third-order valence-corrected chi connectivity index (χ3v) is 7.96. The van der Waals surface area contributed by atoms with E-state index < -0.39 is 8.32 Å². The molecule has 0 spiro atoms. The first-order chi connectivity index (χ1) is 6.33. The van der Waals surface area contributed by atoms with Crippen molar-refractivity contribution in [1.82, 2.24) is 0 Å². The molecule has 0 unspecified atom stereocenters. The van der Waals surface area contributed by atoms with Gasteiger partial charge in [-0.25, -0.2) is 0 Å². The van der Waals surface area contributed by atoms with E-state index in [0.717, 1.165) is 13.2 Å². The molecule has 3 heteroatoms. The van der Waals surface area contributed by atoms with Crippen LogP contribution in [0.5, 0.6) is 0 Å². The Morgan fingerprint density at radius 3 is 2.43 bits per heavy atom. The average Bonchev–Trinajstić information content (AvgIpc) is 2.50. The zero-order valence-corrected chi connectivity index (χ0v) is 11.2. The van der Waals surface area contributed by atoms with Crippen LogP contribution < -0.4 is 0 Å². The highest BCUT2D eigenvalue weighted by atomic mass is 28.4. The molecule has 1 atom stereocenters. The SMILES string of the molecule is CC(C)(C)[Si](C)(C)OC[C@H]1CCCO1. The zero-order chi connectivity index (χ0) is 10.8. The van der Waals surface area contributed by atoms with Gasteiger partial charge in [-0.3, -0.25) is 0 Å². The quantitative estimate of drug-likeness (QED) is 0.675. The molecule has 14 heavy (non-hydrogen) atoms. The molecule has 1 heterocycles. The second-order valence-corrected chi connectivity index (χ2v) is 10.5. The molecule has 0 radical (unpaired) electrons. The highest BCUT2D eigenvalue weighted by Gasteiger charge is 2.37. The second-order valence-electron chi connectivity index (χ2n) is 5.71. The van der Waals surface area contributed by atoms with Crippen LogP contribution in [0.25, 0.3) is 0 Å². The van der Waals surface area contributed by atoms with Gasteiger partial charge in [0.25, 0.3) is 0 Å². The molecule has 0 aliphatic carbocycles. The van der Waals surface area contributed by atoms with Gasteiger partial charge in [-0.05, 0) is 31.0 Å². The van der Waals surface area contributed by atoms with E-state index in [1.807, 2.05) is 0 Å². The summed E-state index contributed by atoms with van der Waals surface area (Å²) >= 11 is 0. The Hall–Kier alpha value is 0.137. The Morgan fingerprint density at radius 2 is 2.00 bits per heavy atom. The van der Waals surface area contributed by atoms with Gasteiger partial charge in [-0.15, -0.1) is 0 Å². The molecule has 0 amide bonds. The number of hydrogen-bond acceptors (Lipinski definition) is 2. The van der Waals surface area contributed by atoms with Crippen LogP contribution in [0, 0.1) is 0 Å². The molecule has 1 fully saturated rings. The van der Waals surface area contributed by atoms with E-state index in [1.54, 1.807) is 0 Å². The van der Waals surface area contributed by atoms with Crippen LogP contribution in [-0.2, 0) is 9.16 Å². The topological polar surface area (TPSA) is 18.5 Å². The lowest BCUT2D eigenvalue weighted by Gasteiger charge is -2.36. The number of hydrogen-bond donors (Lipinski definition) is 0. The van der Waals surface area contributed by atoms with Gasteiger partial charge in [-0.2, -0.15) is 0 Å². The van der Waals surface area contributed by atoms with Crippen molar-refractivity contribution in [2.45, 2.75) is 57.8 Å². The normalized spacial score (nSPS) is 24.2. The van der Waals surface area contributed by atoms with Gasteiger partial charge in [-0.1, -0.05) is 20.8 Å². The molecule has 2 nitrogen and oxygen atoms in total. The van der Waals surface area contributed by atoms with Crippen molar-refractivity contribution in [2.24, 2.45) is 0 Å². The first kappa shape index (κ1) is 12.2. The molecular formula is C11H24O2Si. The summed E-state index contributed by atoms with van der Waals surface area (Å²) in [6.45, 7) is 13.1. The van der Waals surface area contributed by atoms with Crippen LogP contribution in [-0.4, -0.2) is 27.6 Å². The Morgan fingerprint density at radius 1 is 1.36 bits per heavy atom. The Labute approximate surface area is 89.1 Å². The number of ether oxygens (including phenoxy) is 1. The molecule has 1 saturated heterocycles. The zero-order valence-electron chi connectivity index (χ0n) is 10.2. The van der Waals surface area contributed by atoms with Gasteiger partial charge >= 0.3 is 0 Å². The minimum Gasteiger partial charge on any atom is -0.414 e. The molecule has 0 aromatic rings. The molecule has 84 valence electrons. The van der Waals surface area contributed by atoms with Gasteiger partial charge in [0, 0.05) is 6.61 Å². The van der Waals surface area contributed by atoms with E-state index in [1.165, 1.54) is 12.8 Å². The summed E-state index contributed by atoms with van der Waals surface area (Å²) in [4.78, 5) is 0. The van der Waals surface area contributed by atoms with Crippen LogP contribution in [0.3, 0.4) is 0 Å². The van der Waals surface area contributed by atoms with E-state index in [9.17, 15) is 0 Å². The van der Waals surface area contributed by atoms with Crippen molar-refractivity contribution < 1.29 is 9.16 Å². The Kier molecular flexibility index (Phi) is 3.78. The summed E-state index contributed by atoms with van der Waals surface area (Å²) in [5.41, 5.74) is 0. The molecule has 1 aliphatic heterocycles. The van der Waals surface area contributed by atoms with Crippen LogP contribution in [0.1, 0.15) is 33.6 Å². The van der Waals surface area contributed by atoms with E-state index in [4.69, 9.17) is 9.16 Å². The van der Waals surface area contributed by atoms with E-state index >= 15 is 0 Å². The summed E-state index contributed by atoms with van der Waals surface area (Å²) in [6.07, 6.45) is 2.74. The average molecular weight is 216 g/mol. The number of rotatable bonds is 3. The van der Waals surface area contributed by atoms with Crippen LogP contribution in [0.2, 0.25) is 18.1 Å². The van der Waals surface area contributed by atoms with Crippen LogP contribution in [0.4, 0.5) is 0 Å². The van der Waals surface area contributed by atoms with E-state index in [0.29, 0.717) is 11.1 Å². The molecule has 1 aliphatic rings. The third-order valence-electron chi connectivity index (χ3n) is 3.46. The van der Waals surface area contributed by atoms with Gasteiger partial charge in [0.15, 0.2) is 8.32 Å². The standard InChI is InChI=1S/C11H24O2Si/c1-11(2,3)14(4,5)13-9-10-7-6-8-12-10/h10H,6-9H2,1-5H3/t10-/m1/s1. The lowest BCUT2D eigenvalue weighted by atomic mass is 10.2. The van der Waals surface area contributed by atoms with Gasteiger partial charge in [0.05, 0.1) is 12.7 Å². The van der Waals surface area contributed by atoms with E-state index in [-0.39, 0.29) is 0 Å². The highest BCUT2D eigenvalue weighted by Crippen LogP contribution is 2.36. The Bertz CT molecular complexity index is 178. The van der Waals surface area contributed by atoms with Crippen LogP contribution in [0.15, 0.2) is 0 Å². The van der Waals surface area contributed by atoms with Crippen molar-refractivity contribution >= 4 is 8.32 Å². The minimum absolute atomic E-state index is 0.311. The molecule has 1 rings (SSSR count). The third kappa shape index (κ3) is 3.07. The van der Waals surface area contributed by atoms with Gasteiger partial charge < -0.3 is 9.16 Å². The Balaban J connectivity index is 2.35. The molecular weight excluding hydrogens is 192 g/mol. The fraction of sp³-hybridized carbons (Fsp3) is 1.00. The largest absolute Gasteiger partial charge is 0.414 e. The van der Waals surface area contributed by atoms with Crippen molar-refractivity contribution in [3.05, 3.63) is 0 Å². The minimum atomic E-state index is -1.55. The van der Waals surface area contributed by atoms with Crippen molar-refractivity contribution in [3.63, 3.8) is 0 Å². The predicted molar refractivity (Wildman–Crippen MR) is 62.1 cm³/mol. The van der Waals surface area contributed by atoms with Gasteiger partial charge in [0.1, 0.15) is 0 Å². The summed E-state index contributed by atoms with van der Waals surface area (Å²) in [7, 11) is -1.55. The van der Waals surface area contributed by atoms with Crippen LogP contribution >= 0.6 is 0 Å². The fourth-order valence-electron chi connectivity index (χ4n) is 1.29. The lowest BCUT2D eigenvalue weighted by Crippen LogP contribution is -2.42. The maximum absolute atomic E-state index is 6.09. The lowest BCUT2D eigenvalue weighted by molar-refractivity contribution is 0.0630. The summed E-state index contributed by atoms with van der Waals surface area (Å²) < 4.78 is 11.6. The summed E-state index contributed by atoms with van der Waals surface area (Å²) in [5.74, 6) is 0. The monoisotopic (exact) mass is 216 g/mol. The summed E-state index contributed by atoms with van der Waals surface area (Å²) in [5, 5.41) is 0.311. The maximum Gasteiger partial charge on any atom is 0.192 e. The first-order valence-electron chi connectivity index (χ1n) is 5.58. The maximum atomic E-state index is 6.09. The molecule has 0 bridgehead atoms. The fourth-order valence-corrected chi connectivity index (χ4v) is 2.33. The van der Waals surface area contributed by atoms with E-state index in [2.05, 4.69) is 33.9 Å². The van der Waals surface area contributed by atoms with Crippen molar-refractivity contribution in [1.29, 1.82) is 0 Å². The molecule has 0 aromatic heterocycles. The highest BCUT2D eigenvalue weighted by molar-refractivity contribution is 6.74. The molecule has 0 N–H and O–H groups in total. The summed E-state index contributed by atoms with van der Waals surface area (Å²) in [6, 6.07) is 0. The predicted octanol–water partition coefficient (Wildman–Crippen LogP) is 3.19. The van der Waals surface area contributed by atoms with Crippen molar-refractivity contribution in [2.75, 3.05) is 13.2 Å². The smallest absolute Gasteiger partial charge is 0.192 e. The molecule has 0 saturated carbocycles. The molecule has 0 aromatic carbocycles. The van der Waals surface area contributed by atoms with Crippen molar-refractivity contribution in [3.8, 4) is 0 Å². The van der Waals surface area contributed by atoms with Gasteiger partial charge in [0.2, 0.25) is 0 Å². The first-order valence-corrected chi connectivity index (χ1v) is 8.49.